The number of halogens is 5. The molecule has 0 unspecified atom stereocenters. The fourth-order valence-electron chi connectivity index (χ4n) is 2.77. The van der Waals surface area contributed by atoms with Crippen molar-refractivity contribution in [2.45, 2.75) is 20.1 Å². The number of nitrogens with one attached hydrogen (secondary N) is 1. The van der Waals surface area contributed by atoms with Gasteiger partial charge in [-0.1, -0.05) is 64.1 Å². The van der Waals surface area contributed by atoms with E-state index in [1.54, 1.807) is 42.5 Å². The van der Waals surface area contributed by atoms with Crippen LogP contribution < -0.4 is 14.8 Å². The van der Waals surface area contributed by atoms with Gasteiger partial charge in [-0.05, 0) is 55.0 Å². The number of hydrogen-bond acceptors (Lipinski definition) is 3. The summed E-state index contributed by atoms with van der Waals surface area (Å²) in [4.78, 5) is 0. The van der Waals surface area contributed by atoms with Gasteiger partial charge in [-0.3, -0.25) is 0 Å². The molecule has 0 spiro atoms. The molecule has 0 aliphatic heterocycles. The maximum atomic E-state index is 6.51. The van der Waals surface area contributed by atoms with Gasteiger partial charge in [-0.15, -0.1) is 0 Å². The zero-order valence-corrected chi connectivity index (χ0v) is 19.7. The molecule has 0 bridgehead atoms. The van der Waals surface area contributed by atoms with Crippen LogP contribution in [0, 0.1) is 0 Å². The van der Waals surface area contributed by atoms with E-state index in [0.29, 0.717) is 55.3 Å². The van der Waals surface area contributed by atoms with E-state index in [4.69, 9.17) is 67.5 Å². The van der Waals surface area contributed by atoms with Crippen molar-refractivity contribution in [1.82, 2.24) is 0 Å². The first kappa shape index (κ1) is 23.2. The standard InChI is InChI=1S/C22H18Cl5NO2/c1-2-29-21-9-13(11-28-20-10-14(23)6-7-18(20)26)8-19(27)22(21)30-12-15-16(24)4-3-5-17(15)25/h3-10,28H,2,11-12H2,1H3. The quantitative estimate of drug-likeness (QED) is 0.333. The molecule has 158 valence electrons. The highest BCUT2D eigenvalue weighted by molar-refractivity contribution is 6.36. The summed E-state index contributed by atoms with van der Waals surface area (Å²) in [6.07, 6.45) is 0. The summed E-state index contributed by atoms with van der Waals surface area (Å²) in [5.74, 6) is 0.959. The average molecular weight is 506 g/mol. The molecule has 0 saturated carbocycles. The highest BCUT2D eigenvalue weighted by Crippen LogP contribution is 2.38. The third-order valence-corrected chi connectivity index (χ3v) is 5.76. The van der Waals surface area contributed by atoms with Gasteiger partial charge < -0.3 is 14.8 Å². The molecule has 0 amide bonds. The van der Waals surface area contributed by atoms with Gasteiger partial charge in [0.05, 0.1) is 22.3 Å². The topological polar surface area (TPSA) is 30.5 Å². The van der Waals surface area contributed by atoms with Gasteiger partial charge in [0.25, 0.3) is 0 Å². The Labute approximate surface area is 200 Å². The molecule has 0 aromatic heterocycles. The van der Waals surface area contributed by atoms with Crippen LogP contribution in [0.4, 0.5) is 5.69 Å². The van der Waals surface area contributed by atoms with Crippen LogP contribution in [0.25, 0.3) is 0 Å². The smallest absolute Gasteiger partial charge is 0.180 e. The second-order valence-corrected chi connectivity index (χ2v) is 8.37. The van der Waals surface area contributed by atoms with Gasteiger partial charge in [0.15, 0.2) is 11.5 Å². The van der Waals surface area contributed by atoms with Gasteiger partial charge in [0.1, 0.15) is 6.61 Å². The Bertz CT molecular complexity index is 1020. The van der Waals surface area contributed by atoms with Gasteiger partial charge in [-0.25, -0.2) is 0 Å². The van der Waals surface area contributed by atoms with E-state index in [-0.39, 0.29) is 6.61 Å². The van der Waals surface area contributed by atoms with Crippen LogP contribution in [0.3, 0.4) is 0 Å². The molecule has 0 aliphatic carbocycles. The van der Waals surface area contributed by atoms with Crippen molar-refractivity contribution in [2.75, 3.05) is 11.9 Å². The van der Waals surface area contributed by atoms with Crippen LogP contribution >= 0.6 is 58.0 Å². The molecule has 8 heteroatoms. The van der Waals surface area contributed by atoms with Gasteiger partial charge in [0.2, 0.25) is 0 Å². The van der Waals surface area contributed by atoms with Crippen molar-refractivity contribution in [3.05, 3.63) is 84.8 Å². The summed E-state index contributed by atoms with van der Waals surface area (Å²) in [6.45, 7) is 2.97. The Balaban J connectivity index is 1.80. The Hall–Kier alpha value is -1.49. The maximum Gasteiger partial charge on any atom is 0.180 e. The summed E-state index contributed by atoms with van der Waals surface area (Å²) >= 11 is 31.2. The summed E-state index contributed by atoms with van der Waals surface area (Å²) in [5.41, 5.74) is 2.30. The minimum Gasteiger partial charge on any atom is -0.490 e. The summed E-state index contributed by atoms with van der Waals surface area (Å²) in [5, 5.41) is 5.89. The fraction of sp³-hybridized carbons (Fsp3) is 0.182. The lowest BCUT2D eigenvalue weighted by Crippen LogP contribution is -2.04. The third kappa shape index (κ3) is 5.81. The van der Waals surface area contributed by atoms with E-state index in [9.17, 15) is 0 Å². The van der Waals surface area contributed by atoms with Crippen molar-refractivity contribution >= 4 is 63.7 Å². The van der Waals surface area contributed by atoms with Crippen LogP contribution in [0.15, 0.2) is 48.5 Å². The van der Waals surface area contributed by atoms with Crippen LogP contribution in [0.1, 0.15) is 18.1 Å². The third-order valence-electron chi connectivity index (χ3n) is 4.20. The molecule has 1 N–H and O–H groups in total. The number of ether oxygens (including phenoxy) is 2. The highest BCUT2D eigenvalue weighted by atomic mass is 35.5. The predicted octanol–water partition coefficient (Wildman–Crippen LogP) is 8.54. The highest BCUT2D eigenvalue weighted by Gasteiger charge is 2.15. The molecule has 0 saturated heterocycles. The molecule has 0 aliphatic rings. The fourth-order valence-corrected chi connectivity index (χ4v) is 3.92. The van der Waals surface area contributed by atoms with Crippen molar-refractivity contribution in [1.29, 1.82) is 0 Å². The Morgan fingerprint density at radius 1 is 0.800 bits per heavy atom. The van der Waals surface area contributed by atoms with E-state index in [1.807, 2.05) is 13.0 Å². The summed E-state index contributed by atoms with van der Waals surface area (Å²) < 4.78 is 11.7. The van der Waals surface area contributed by atoms with Crippen LogP contribution in [-0.2, 0) is 13.2 Å². The monoisotopic (exact) mass is 503 g/mol. The molecular weight excluding hydrogens is 488 g/mol. The summed E-state index contributed by atoms with van der Waals surface area (Å²) in [7, 11) is 0. The van der Waals surface area contributed by atoms with Gasteiger partial charge in [0, 0.05) is 27.2 Å². The molecular formula is C22H18Cl5NO2. The normalized spacial score (nSPS) is 10.7. The molecule has 3 nitrogen and oxygen atoms in total. The zero-order chi connectivity index (χ0) is 21.7. The predicted molar refractivity (Wildman–Crippen MR) is 127 cm³/mol. The maximum absolute atomic E-state index is 6.51. The number of hydrogen-bond donors (Lipinski definition) is 1. The Kier molecular flexibility index (Phi) is 8.27. The first-order valence-corrected chi connectivity index (χ1v) is 11.0. The second kappa shape index (κ2) is 10.7. The molecule has 30 heavy (non-hydrogen) atoms. The molecule has 3 aromatic carbocycles. The van der Waals surface area contributed by atoms with E-state index in [2.05, 4.69) is 5.32 Å². The van der Waals surface area contributed by atoms with E-state index >= 15 is 0 Å². The SMILES string of the molecule is CCOc1cc(CNc2cc(Cl)ccc2Cl)cc(Cl)c1OCc1c(Cl)cccc1Cl. The lowest BCUT2D eigenvalue weighted by atomic mass is 10.2. The summed E-state index contributed by atoms with van der Waals surface area (Å²) in [6, 6.07) is 14.2. The van der Waals surface area contributed by atoms with E-state index in [0.717, 1.165) is 11.3 Å². The van der Waals surface area contributed by atoms with Crippen LogP contribution in [0.2, 0.25) is 25.1 Å². The number of rotatable bonds is 8. The van der Waals surface area contributed by atoms with Crippen molar-refractivity contribution in [2.24, 2.45) is 0 Å². The molecule has 0 radical (unpaired) electrons. The van der Waals surface area contributed by atoms with Crippen molar-refractivity contribution < 1.29 is 9.47 Å². The largest absolute Gasteiger partial charge is 0.490 e. The zero-order valence-electron chi connectivity index (χ0n) is 15.9. The van der Waals surface area contributed by atoms with E-state index < -0.39 is 0 Å². The van der Waals surface area contributed by atoms with E-state index in [1.165, 1.54) is 0 Å². The van der Waals surface area contributed by atoms with Crippen LogP contribution in [-0.4, -0.2) is 6.61 Å². The molecule has 0 heterocycles. The minimum absolute atomic E-state index is 0.161. The first-order chi connectivity index (χ1) is 14.4. The minimum atomic E-state index is 0.161. The lowest BCUT2D eigenvalue weighted by Gasteiger charge is -2.17. The second-order valence-electron chi connectivity index (χ2n) is 6.30. The Morgan fingerprint density at radius 3 is 2.23 bits per heavy atom. The number of anilines is 1. The van der Waals surface area contributed by atoms with Crippen molar-refractivity contribution in [3.8, 4) is 11.5 Å². The van der Waals surface area contributed by atoms with Crippen LogP contribution in [0.5, 0.6) is 11.5 Å². The Morgan fingerprint density at radius 2 is 1.53 bits per heavy atom. The average Bonchev–Trinajstić information content (AvgIpc) is 2.70. The lowest BCUT2D eigenvalue weighted by molar-refractivity contribution is 0.269. The molecule has 0 atom stereocenters. The number of benzene rings is 3. The van der Waals surface area contributed by atoms with Gasteiger partial charge >= 0.3 is 0 Å². The molecule has 3 aromatic rings. The van der Waals surface area contributed by atoms with Gasteiger partial charge in [-0.2, -0.15) is 0 Å². The molecule has 3 rings (SSSR count). The molecule has 0 fully saturated rings. The van der Waals surface area contributed by atoms with Crippen molar-refractivity contribution in [3.63, 3.8) is 0 Å². The first-order valence-electron chi connectivity index (χ1n) is 9.09.